The number of carbonyl (C=O) groups is 2. The van der Waals surface area contributed by atoms with Gasteiger partial charge in [-0.25, -0.2) is 0 Å². The summed E-state index contributed by atoms with van der Waals surface area (Å²) in [6.45, 7) is 2.58. The van der Waals surface area contributed by atoms with Crippen LogP contribution in [0, 0.1) is 0 Å². The van der Waals surface area contributed by atoms with E-state index in [0.29, 0.717) is 28.1 Å². The summed E-state index contributed by atoms with van der Waals surface area (Å²) < 4.78 is 5.69. The van der Waals surface area contributed by atoms with Crippen molar-refractivity contribution in [2.45, 2.75) is 13.5 Å². The Morgan fingerprint density at radius 2 is 2.00 bits per heavy atom. The highest BCUT2D eigenvalue weighted by atomic mass is 35.5. The van der Waals surface area contributed by atoms with Crippen molar-refractivity contribution in [2.24, 2.45) is 0 Å². The third kappa shape index (κ3) is 4.32. The normalized spacial score (nSPS) is 15.1. The summed E-state index contributed by atoms with van der Waals surface area (Å²) >= 11 is 11.4. The molecule has 2 aromatic carbocycles. The zero-order chi connectivity index (χ0) is 20.3. The molecule has 1 aliphatic heterocycles. The van der Waals surface area contributed by atoms with E-state index in [2.05, 4.69) is 5.32 Å². The molecule has 0 aliphatic carbocycles. The Morgan fingerprint density at radius 3 is 2.57 bits per heavy atom. The van der Waals surface area contributed by atoms with Gasteiger partial charge in [0.05, 0.1) is 11.0 Å². The van der Waals surface area contributed by atoms with Crippen LogP contribution in [0.2, 0.25) is 5.02 Å². The van der Waals surface area contributed by atoms with Gasteiger partial charge in [0.2, 0.25) is 0 Å². The first-order valence-electron chi connectivity index (χ1n) is 8.46. The number of aromatic carboxylic acids is 1. The van der Waals surface area contributed by atoms with Crippen LogP contribution in [0.5, 0.6) is 5.75 Å². The number of nitrogens with zero attached hydrogens (tertiary/aromatic N) is 1. The first-order valence-corrected chi connectivity index (χ1v) is 9.25. The van der Waals surface area contributed by atoms with E-state index < -0.39 is 5.97 Å². The van der Waals surface area contributed by atoms with Crippen LogP contribution in [0.4, 0.5) is 0 Å². The molecule has 3 rings (SSSR count). The van der Waals surface area contributed by atoms with Crippen molar-refractivity contribution in [1.29, 1.82) is 0 Å². The molecule has 1 amide bonds. The number of rotatable bonds is 6. The summed E-state index contributed by atoms with van der Waals surface area (Å²) in [5.74, 6) is -0.925. The number of thiocarbonyl (C=S) groups is 1. The Labute approximate surface area is 172 Å². The van der Waals surface area contributed by atoms with Crippen LogP contribution in [-0.4, -0.2) is 28.4 Å². The Balaban J connectivity index is 1.69. The minimum absolute atomic E-state index is 0.107. The predicted molar refractivity (Wildman–Crippen MR) is 108 cm³/mol. The average Bonchev–Trinajstić information content (AvgIpc) is 2.94. The second kappa shape index (κ2) is 8.41. The first-order chi connectivity index (χ1) is 13.4. The molecule has 8 heteroatoms. The second-order valence-corrected chi connectivity index (χ2v) is 6.79. The number of ether oxygens (including phenoxy) is 1. The maximum atomic E-state index is 12.2. The maximum Gasteiger partial charge on any atom is 0.276 e. The molecular formula is C20H16ClN2O4S-. The molecule has 0 radical (unpaired) electrons. The van der Waals surface area contributed by atoms with E-state index in [9.17, 15) is 14.7 Å². The van der Waals surface area contributed by atoms with Gasteiger partial charge in [-0.3, -0.25) is 9.69 Å². The molecule has 1 heterocycles. The molecule has 2 aromatic rings. The lowest BCUT2D eigenvalue weighted by molar-refractivity contribution is -0.255. The first kappa shape index (κ1) is 19.9. The standard InChI is InChI=1S/C20H17ClN2O4S/c1-2-23-18(24)16(22-20(23)28)10-13-5-8-17(15(21)9-13)27-11-12-3-6-14(7-4-12)19(25)26/h3-10H,2,11H2,1H3,(H,22,28)(H,25,26)/p-1/b16-10-. The fourth-order valence-corrected chi connectivity index (χ4v) is 3.21. The zero-order valence-corrected chi connectivity index (χ0v) is 16.5. The minimum atomic E-state index is -1.22. The molecule has 0 saturated carbocycles. The van der Waals surface area contributed by atoms with E-state index in [4.69, 9.17) is 28.6 Å². The Hall–Kier alpha value is -2.90. The van der Waals surface area contributed by atoms with Crippen LogP contribution in [0.3, 0.4) is 0 Å². The topological polar surface area (TPSA) is 81.7 Å². The van der Waals surface area contributed by atoms with Crippen molar-refractivity contribution in [1.82, 2.24) is 10.2 Å². The number of hydrogen-bond acceptors (Lipinski definition) is 5. The van der Waals surface area contributed by atoms with Crippen molar-refractivity contribution in [3.63, 3.8) is 0 Å². The largest absolute Gasteiger partial charge is 0.545 e. The molecule has 28 heavy (non-hydrogen) atoms. The molecule has 1 N–H and O–H groups in total. The van der Waals surface area contributed by atoms with E-state index in [1.54, 1.807) is 36.4 Å². The second-order valence-electron chi connectivity index (χ2n) is 6.00. The highest BCUT2D eigenvalue weighted by Crippen LogP contribution is 2.27. The lowest BCUT2D eigenvalue weighted by Crippen LogP contribution is -2.30. The van der Waals surface area contributed by atoms with Gasteiger partial charge in [-0.05, 0) is 54.0 Å². The highest BCUT2D eigenvalue weighted by Gasteiger charge is 2.28. The number of hydrogen-bond donors (Lipinski definition) is 1. The monoisotopic (exact) mass is 415 g/mol. The van der Waals surface area contributed by atoms with Gasteiger partial charge in [-0.15, -0.1) is 0 Å². The fraction of sp³-hybridized carbons (Fsp3) is 0.150. The summed E-state index contributed by atoms with van der Waals surface area (Å²) in [5.41, 5.74) is 2.02. The maximum absolute atomic E-state index is 12.2. The summed E-state index contributed by atoms with van der Waals surface area (Å²) in [6, 6.07) is 11.4. The third-order valence-electron chi connectivity index (χ3n) is 4.13. The smallest absolute Gasteiger partial charge is 0.276 e. The molecule has 1 saturated heterocycles. The van der Waals surface area contributed by atoms with Gasteiger partial charge in [0.25, 0.3) is 5.91 Å². The Morgan fingerprint density at radius 1 is 1.29 bits per heavy atom. The minimum Gasteiger partial charge on any atom is -0.545 e. The predicted octanol–water partition coefficient (Wildman–Crippen LogP) is 2.36. The number of likely N-dealkylation sites (N-methyl/N-ethyl adjacent to an activating group) is 1. The number of carboxylic acid groups (broad SMARTS) is 1. The number of carboxylic acids is 1. The van der Waals surface area contributed by atoms with Crippen LogP contribution in [0.15, 0.2) is 48.2 Å². The number of benzene rings is 2. The molecule has 1 aliphatic rings. The van der Waals surface area contributed by atoms with Gasteiger partial charge >= 0.3 is 0 Å². The van der Waals surface area contributed by atoms with Gasteiger partial charge in [-0.1, -0.05) is 41.9 Å². The van der Waals surface area contributed by atoms with E-state index in [1.165, 1.54) is 17.0 Å². The molecular weight excluding hydrogens is 400 g/mol. The van der Waals surface area contributed by atoms with Crippen molar-refractivity contribution >= 4 is 46.9 Å². The molecule has 0 spiro atoms. The quantitative estimate of drug-likeness (QED) is 0.576. The van der Waals surface area contributed by atoms with Crippen LogP contribution >= 0.6 is 23.8 Å². The molecule has 0 bridgehead atoms. The molecule has 0 unspecified atom stereocenters. The molecule has 144 valence electrons. The van der Waals surface area contributed by atoms with Crippen molar-refractivity contribution < 1.29 is 19.4 Å². The number of carbonyl (C=O) groups excluding carboxylic acids is 2. The average molecular weight is 416 g/mol. The zero-order valence-electron chi connectivity index (χ0n) is 14.9. The van der Waals surface area contributed by atoms with E-state index in [1.807, 2.05) is 6.92 Å². The molecule has 0 atom stereocenters. The van der Waals surface area contributed by atoms with Gasteiger partial charge < -0.3 is 20.0 Å². The van der Waals surface area contributed by atoms with Crippen molar-refractivity contribution in [3.8, 4) is 5.75 Å². The van der Waals surface area contributed by atoms with Crippen LogP contribution in [0.25, 0.3) is 6.08 Å². The van der Waals surface area contributed by atoms with Crippen LogP contribution < -0.4 is 15.2 Å². The van der Waals surface area contributed by atoms with Gasteiger partial charge in [0.1, 0.15) is 18.1 Å². The van der Waals surface area contributed by atoms with Crippen molar-refractivity contribution in [3.05, 3.63) is 69.9 Å². The van der Waals surface area contributed by atoms with Gasteiger partial charge in [0, 0.05) is 6.54 Å². The lowest BCUT2D eigenvalue weighted by Gasteiger charge is -2.10. The SMILES string of the molecule is CCN1C(=O)/C(=C/c2ccc(OCc3ccc(C(=O)[O-])cc3)c(Cl)c2)NC1=S. The summed E-state index contributed by atoms with van der Waals surface area (Å²) in [7, 11) is 0. The molecule has 1 fully saturated rings. The van der Waals surface area contributed by atoms with Gasteiger partial charge in [0.15, 0.2) is 5.11 Å². The molecule has 6 nitrogen and oxygen atoms in total. The van der Waals surface area contributed by atoms with Crippen LogP contribution in [-0.2, 0) is 11.4 Å². The van der Waals surface area contributed by atoms with E-state index >= 15 is 0 Å². The lowest BCUT2D eigenvalue weighted by atomic mass is 10.1. The Kier molecular flexibility index (Phi) is 5.96. The summed E-state index contributed by atoms with van der Waals surface area (Å²) in [6.07, 6.45) is 1.68. The number of halogens is 1. The summed E-state index contributed by atoms with van der Waals surface area (Å²) in [5, 5.41) is 14.4. The summed E-state index contributed by atoms with van der Waals surface area (Å²) in [4.78, 5) is 24.5. The van der Waals surface area contributed by atoms with E-state index in [0.717, 1.165) is 11.1 Å². The van der Waals surface area contributed by atoms with E-state index in [-0.39, 0.29) is 18.1 Å². The van der Waals surface area contributed by atoms with Crippen LogP contribution in [0.1, 0.15) is 28.4 Å². The Bertz CT molecular complexity index is 973. The highest BCUT2D eigenvalue weighted by molar-refractivity contribution is 7.80. The van der Waals surface area contributed by atoms with Gasteiger partial charge in [-0.2, -0.15) is 0 Å². The molecule has 0 aromatic heterocycles. The number of amides is 1. The fourth-order valence-electron chi connectivity index (χ4n) is 2.65. The van der Waals surface area contributed by atoms with Crippen molar-refractivity contribution in [2.75, 3.05) is 6.54 Å². The third-order valence-corrected chi connectivity index (χ3v) is 4.75. The number of nitrogens with one attached hydrogen (secondary N) is 1.